The van der Waals surface area contributed by atoms with Crippen LogP contribution in [0.2, 0.25) is 0 Å². The molecule has 0 aromatic rings. The largest absolute Gasteiger partial charge is 0.370 e. The van der Waals surface area contributed by atoms with Gasteiger partial charge in [-0.05, 0) is 6.92 Å². The third-order valence-electron chi connectivity index (χ3n) is 1.41. The van der Waals surface area contributed by atoms with Crippen molar-refractivity contribution in [3.05, 3.63) is 0 Å². The second-order valence-electron chi connectivity index (χ2n) is 2.51. The summed E-state index contributed by atoms with van der Waals surface area (Å²) in [5, 5.41) is 0. The van der Waals surface area contributed by atoms with Crippen molar-refractivity contribution in [1.82, 2.24) is 10.9 Å². The Balaban J connectivity index is 2.66. The van der Waals surface area contributed by atoms with E-state index in [1.165, 1.54) is 0 Å². The number of carbonyl (C=O) groups is 2. The highest BCUT2D eigenvalue weighted by atomic mass is 16.2. The van der Waals surface area contributed by atoms with E-state index < -0.39 is 11.9 Å². The maximum atomic E-state index is 11.0. The molecule has 1 unspecified atom stereocenters. The maximum absolute atomic E-state index is 11.0. The molecule has 0 fully saturated rings. The van der Waals surface area contributed by atoms with Crippen molar-refractivity contribution >= 4 is 17.6 Å². The minimum absolute atomic E-state index is 0.0507. The molecule has 0 bridgehead atoms. The van der Waals surface area contributed by atoms with Crippen molar-refractivity contribution in [3.8, 4) is 0 Å². The maximum Gasteiger partial charge on any atom is 0.263 e. The Morgan fingerprint density at radius 3 is 2.92 bits per heavy atom. The average molecular weight is 170 g/mol. The molecule has 1 rings (SSSR count). The number of amides is 2. The summed E-state index contributed by atoms with van der Waals surface area (Å²) in [6.07, 6.45) is -0.0507. The van der Waals surface area contributed by atoms with Gasteiger partial charge in [0.1, 0.15) is 11.9 Å². The third kappa shape index (κ3) is 1.94. The predicted octanol–water partition coefficient (Wildman–Crippen LogP) is -1.72. The van der Waals surface area contributed by atoms with Gasteiger partial charge in [0.2, 0.25) is 5.91 Å². The van der Waals surface area contributed by atoms with Crippen LogP contribution in [-0.4, -0.2) is 23.7 Å². The fourth-order valence-electron chi connectivity index (χ4n) is 0.889. The first-order chi connectivity index (χ1) is 5.59. The lowest BCUT2D eigenvalue weighted by molar-refractivity contribution is -0.127. The van der Waals surface area contributed by atoms with Gasteiger partial charge in [-0.1, -0.05) is 0 Å². The molecule has 2 amide bonds. The SMILES string of the molecule is CC1=NC(CC(N)=O)C(=O)NN1. The first kappa shape index (κ1) is 8.51. The van der Waals surface area contributed by atoms with Crippen LogP contribution >= 0.6 is 0 Å². The molecule has 6 heteroatoms. The number of hydrazine groups is 1. The van der Waals surface area contributed by atoms with Crippen LogP contribution in [0.5, 0.6) is 0 Å². The van der Waals surface area contributed by atoms with Crippen molar-refractivity contribution in [2.75, 3.05) is 0 Å². The van der Waals surface area contributed by atoms with E-state index in [0.29, 0.717) is 5.84 Å². The molecule has 66 valence electrons. The molecule has 6 nitrogen and oxygen atoms in total. The molecule has 0 saturated carbocycles. The van der Waals surface area contributed by atoms with E-state index in [1.54, 1.807) is 6.92 Å². The number of amidine groups is 1. The summed E-state index contributed by atoms with van der Waals surface area (Å²) in [6, 6.07) is -0.677. The Morgan fingerprint density at radius 2 is 2.33 bits per heavy atom. The zero-order valence-electron chi connectivity index (χ0n) is 6.63. The molecular formula is C6H10N4O2. The first-order valence-corrected chi connectivity index (χ1v) is 3.48. The van der Waals surface area contributed by atoms with Gasteiger partial charge in [0.25, 0.3) is 5.91 Å². The molecule has 0 aliphatic carbocycles. The molecule has 1 atom stereocenters. The van der Waals surface area contributed by atoms with Gasteiger partial charge in [-0.15, -0.1) is 0 Å². The van der Waals surface area contributed by atoms with E-state index in [1.807, 2.05) is 0 Å². The molecule has 1 heterocycles. The number of primary amides is 1. The van der Waals surface area contributed by atoms with Gasteiger partial charge in [-0.25, -0.2) is 0 Å². The summed E-state index contributed by atoms with van der Waals surface area (Å²) in [5.41, 5.74) is 9.82. The van der Waals surface area contributed by atoms with E-state index in [2.05, 4.69) is 15.8 Å². The molecule has 0 radical (unpaired) electrons. The van der Waals surface area contributed by atoms with Gasteiger partial charge in [0.15, 0.2) is 0 Å². The number of hydrogen-bond acceptors (Lipinski definition) is 4. The van der Waals surface area contributed by atoms with Gasteiger partial charge in [-0.3, -0.25) is 25.4 Å². The monoisotopic (exact) mass is 170 g/mol. The van der Waals surface area contributed by atoms with E-state index in [4.69, 9.17) is 5.73 Å². The van der Waals surface area contributed by atoms with Gasteiger partial charge in [0.05, 0.1) is 6.42 Å². The molecule has 0 spiro atoms. The number of hydrogen-bond donors (Lipinski definition) is 3. The summed E-state index contributed by atoms with van der Waals surface area (Å²) < 4.78 is 0. The summed E-state index contributed by atoms with van der Waals surface area (Å²) in [6.45, 7) is 1.69. The van der Waals surface area contributed by atoms with Gasteiger partial charge in [-0.2, -0.15) is 0 Å². The van der Waals surface area contributed by atoms with Crippen LogP contribution in [0.3, 0.4) is 0 Å². The number of rotatable bonds is 2. The fourth-order valence-corrected chi connectivity index (χ4v) is 0.889. The molecule has 12 heavy (non-hydrogen) atoms. The molecule has 1 aliphatic rings. The normalized spacial score (nSPS) is 22.2. The van der Waals surface area contributed by atoms with E-state index >= 15 is 0 Å². The van der Waals surface area contributed by atoms with Gasteiger partial charge >= 0.3 is 0 Å². The smallest absolute Gasteiger partial charge is 0.263 e. The quantitative estimate of drug-likeness (QED) is 0.460. The molecule has 1 aliphatic heterocycles. The lowest BCUT2D eigenvalue weighted by Crippen LogP contribution is -2.51. The van der Waals surface area contributed by atoms with Crippen LogP contribution in [0.15, 0.2) is 4.99 Å². The number of nitrogens with zero attached hydrogens (tertiary/aromatic N) is 1. The summed E-state index contributed by atoms with van der Waals surface area (Å²) in [5.74, 6) is -0.297. The third-order valence-corrected chi connectivity index (χ3v) is 1.41. The van der Waals surface area contributed by atoms with Crippen LogP contribution in [0, 0.1) is 0 Å². The molecule has 0 aromatic carbocycles. The Bertz CT molecular complexity index is 248. The molecular weight excluding hydrogens is 160 g/mol. The average Bonchev–Trinajstić information content (AvgIpc) is 1.96. The van der Waals surface area contributed by atoms with Crippen molar-refractivity contribution in [2.24, 2.45) is 10.7 Å². The van der Waals surface area contributed by atoms with Crippen LogP contribution in [-0.2, 0) is 9.59 Å². The minimum atomic E-state index is -0.677. The van der Waals surface area contributed by atoms with Crippen LogP contribution in [0.4, 0.5) is 0 Å². The van der Waals surface area contributed by atoms with Crippen molar-refractivity contribution in [2.45, 2.75) is 19.4 Å². The number of nitrogens with two attached hydrogens (primary N) is 1. The van der Waals surface area contributed by atoms with Gasteiger partial charge < -0.3 is 5.73 Å². The summed E-state index contributed by atoms with van der Waals surface area (Å²) in [7, 11) is 0. The van der Waals surface area contributed by atoms with E-state index in [-0.39, 0.29) is 12.3 Å². The van der Waals surface area contributed by atoms with E-state index in [0.717, 1.165) is 0 Å². The Hall–Kier alpha value is -1.59. The Morgan fingerprint density at radius 1 is 1.67 bits per heavy atom. The number of nitrogens with one attached hydrogen (secondary N) is 2. The Kier molecular flexibility index (Phi) is 2.27. The van der Waals surface area contributed by atoms with Crippen LogP contribution < -0.4 is 16.6 Å². The van der Waals surface area contributed by atoms with Crippen molar-refractivity contribution in [1.29, 1.82) is 0 Å². The topological polar surface area (TPSA) is 96.6 Å². The Labute approximate surface area is 69.2 Å². The number of aliphatic imine (C=N–C) groups is 1. The van der Waals surface area contributed by atoms with E-state index in [9.17, 15) is 9.59 Å². The van der Waals surface area contributed by atoms with Crippen LogP contribution in [0.1, 0.15) is 13.3 Å². The minimum Gasteiger partial charge on any atom is -0.370 e. The molecule has 4 N–H and O–H groups in total. The highest BCUT2D eigenvalue weighted by Crippen LogP contribution is 2.00. The zero-order valence-corrected chi connectivity index (χ0v) is 6.63. The highest BCUT2D eigenvalue weighted by molar-refractivity contribution is 5.94. The van der Waals surface area contributed by atoms with Crippen molar-refractivity contribution in [3.63, 3.8) is 0 Å². The predicted molar refractivity (Wildman–Crippen MR) is 42.0 cm³/mol. The second kappa shape index (κ2) is 3.21. The second-order valence-corrected chi connectivity index (χ2v) is 2.51. The standard InChI is InChI=1S/C6H10N4O2/c1-3-8-4(2-5(7)11)6(12)10-9-3/h4H,2H2,1H3,(H2,7,11)(H,8,9)(H,10,12). The highest BCUT2D eigenvalue weighted by Gasteiger charge is 2.22. The molecule has 0 aromatic heterocycles. The molecule has 0 saturated heterocycles. The number of carbonyl (C=O) groups excluding carboxylic acids is 2. The van der Waals surface area contributed by atoms with Gasteiger partial charge in [0, 0.05) is 0 Å². The zero-order chi connectivity index (χ0) is 9.14. The van der Waals surface area contributed by atoms with Crippen LogP contribution in [0.25, 0.3) is 0 Å². The van der Waals surface area contributed by atoms with Crippen molar-refractivity contribution < 1.29 is 9.59 Å². The summed E-state index contributed by atoms with van der Waals surface area (Å²) >= 11 is 0. The fraction of sp³-hybridized carbons (Fsp3) is 0.500. The summed E-state index contributed by atoms with van der Waals surface area (Å²) in [4.78, 5) is 25.4. The lowest BCUT2D eigenvalue weighted by atomic mass is 10.2. The first-order valence-electron chi connectivity index (χ1n) is 3.48. The lowest BCUT2D eigenvalue weighted by Gasteiger charge is -2.19.